The van der Waals surface area contributed by atoms with Crippen molar-refractivity contribution >= 4 is 33.3 Å². The molecule has 4 aromatic rings. The van der Waals surface area contributed by atoms with Crippen LogP contribution in [0.1, 0.15) is 20.9 Å². The van der Waals surface area contributed by atoms with E-state index < -0.39 is 0 Å². The van der Waals surface area contributed by atoms with Gasteiger partial charge in [-0.2, -0.15) is 0 Å². The Bertz CT molecular complexity index is 1180. The van der Waals surface area contributed by atoms with E-state index in [1.54, 1.807) is 14.2 Å². The molecule has 7 heteroatoms. The molecule has 0 saturated carbocycles. The van der Waals surface area contributed by atoms with E-state index >= 15 is 0 Å². The van der Waals surface area contributed by atoms with Crippen molar-refractivity contribution in [1.82, 2.24) is 9.97 Å². The first-order chi connectivity index (χ1) is 14.0. The van der Waals surface area contributed by atoms with Crippen molar-refractivity contribution in [2.45, 2.75) is 13.8 Å². The predicted molar refractivity (Wildman–Crippen MR) is 116 cm³/mol. The summed E-state index contributed by atoms with van der Waals surface area (Å²) in [6, 6.07) is 13.5. The number of hydrogen-bond acceptors (Lipinski definition) is 5. The number of carbonyl (C=O) groups excluding carboxylic acids is 1. The summed E-state index contributed by atoms with van der Waals surface area (Å²) in [6.07, 6.45) is 0. The molecule has 0 atom stereocenters. The SMILES string of the molecule is COc1cc(OC)c(-c2nc(NC(=O)c3cc4ccccc4[nH]3)sc2C)cc1C. The Kier molecular flexibility index (Phi) is 4.98. The number of para-hydroxylation sites is 1. The maximum atomic E-state index is 12.7. The van der Waals surface area contributed by atoms with Gasteiger partial charge in [0, 0.05) is 27.4 Å². The highest BCUT2D eigenvalue weighted by Crippen LogP contribution is 2.39. The van der Waals surface area contributed by atoms with Crippen LogP contribution in [0.5, 0.6) is 11.5 Å². The number of amides is 1. The molecular weight excluding hydrogens is 386 g/mol. The van der Waals surface area contributed by atoms with Gasteiger partial charge < -0.3 is 14.5 Å². The Morgan fingerprint density at radius 3 is 2.55 bits per heavy atom. The molecule has 6 nitrogen and oxygen atoms in total. The molecule has 2 aromatic carbocycles. The van der Waals surface area contributed by atoms with Crippen LogP contribution < -0.4 is 14.8 Å². The first-order valence-electron chi connectivity index (χ1n) is 9.09. The fourth-order valence-electron chi connectivity index (χ4n) is 3.30. The molecule has 2 heterocycles. The molecule has 148 valence electrons. The lowest BCUT2D eigenvalue weighted by Gasteiger charge is -2.12. The van der Waals surface area contributed by atoms with E-state index in [1.165, 1.54) is 11.3 Å². The number of aromatic amines is 1. The fourth-order valence-corrected chi connectivity index (χ4v) is 4.13. The molecule has 2 N–H and O–H groups in total. The van der Waals surface area contributed by atoms with E-state index in [1.807, 2.05) is 56.3 Å². The van der Waals surface area contributed by atoms with Gasteiger partial charge in [0.1, 0.15) is 17.2 Å². The second-order valence-electron chi connectivity index (χ2n) is 6.67. The highest BCUT2D eigenvalue weighted by molar-refractivity contribution is 7.16. The van der Waals surface area contributed by atoms with Crippen LogP contribution in [0, 0.1) is 13.8 Å². The number of thiazole rings is 1. The van der Waals surface area contributed by atoms with Crippen molar-refractivity contribution in [1.29, 1.82) is 0 Å². The zero-order valence-electron chi connectivity index (χ0n) is 16.6. The van der Waals surface area contributed by atoms with E-state index in [2.05, 4.69) is 15.3 Å². The van der Waals surface area contributed by atoms with Crippen molar-refractivity contribution in [3.05, 3.63) is 58.6 Å². The molecule has 0 bridgehead atoms. The van der Waals surface area contributed by atoms with Crippen LogP contribution in [-0.4, -0.2) is 30.1 Å². The monoisotopic (exact) mass is 407 g/mol. The zero-order valence-corrected chi connectivity index (χ0v) is 17.4. The molecule has 0 spiro atoms. The minimum absolute atomic E-state index is 0.223. The smallest absolute Gasteiger partial charge is 0.273 e. The molecule has 2 aromatic heterocycles. The third kappa shape index (κ3) is 3.56. The van der Waals surface area contributed by atoms with E-state index in [0.29, 0.717) is 16.6 Å². The highest BCUT2D eigenvalue weighted by Gasteiger charge is 2.18. The fraction of sp³-hybridized carbons (Fsp3) is 0.182. The van der Waals surface area contributed by atoms with Gasteiger partial charge >= 0.3 is 0 Å². The molecule has 4 rings (SSSR count). The second-order valence-corrected chi connectivity index (χ2v) is 7.87. The lowest BCUT2D eigenvalue weighted by Crippen LogP contribution is -2.11. The molecule has 0 aliphatic carbocycles. The number of rotatable bonds is 5. The summed E-state index contributed by atoms with van der Waals surface area (Å²) in [5.41, 5.74) is 4.06. The first-order valence-corrected chi connectivity index (χ1v) is 9.91. The maximum Gasteiger partial charge on any atom is 0.273 e. The minimum atomic E-state index is -0.223. The second kappa shape index (κ2) is 7.60. The van der Waals surface area contributed by atoms with Gasteiger partial charge in [-0.15, -0.1) is 11.3 Å². The van der Waals surface area contributed by atoms with Crippen LogP contribution >= 0.6 is 11.3 Å². The average molecular weight is 407 g/mol. The van der Waals surface area contributed by atoms with Gasteiger partial charge in [-0.1, -0.05) is 18.2 Å². The van der Waals surface area contributed by atoms with Crippen LogP contribution in [0.25, 0.3) is 22.2 Å². The number of nitrogens with one attached hydrogen (secondary N) is 2. The average Bonchev–Trinajstić information content (AvgIpc) is 3.31. The molecule has 0 fully saturated rings. The Hall–Kier alpha value is -3.32. The number of H-pyrrole nitrogens is 1. The zero-order chi connectivity index (χ0) is 20.5. The Labute approximate surface area is 172 Å². The van der Waals surface area contributed by atoms with Gasteiger partial charge in [0.25, 0.3) is 5.91 Å². The van der Waals surface area contributed by atoms with Crippen LogP contribution in [0.4, 0.5) is 5.13 Å². The number of nitrogens with zero attached hydrogens (tertiary/aromatic N) is 1. The molecule has 29 heavy (non-hydrogen) atoms. The summed E-state index contributed by atoms with van der Waals surface area (Å²) in [5, 5.41) is 4.43. The Morgan fingerprint density at radius 1 is 1.07 bits per heavy atom. The van der Waals surface area contributed by atoms with E-state index in [9.17, 15) is 4.79 Å². The number of anilines is 1. The van der Waals surface area contributed by atoms with Gasteiger partial charge in [0.05, 0.1) is 19.9 Å². The Balaban J connectivity index is 1.64. The van der Waals surface area contributed by atoms with Crippen molar-refractivity contribution in [2.75, 3.05) is 19.5 Å². The molecule has 1 amide bonds. The van der Waals surface area contributed by atoms with Crippen molar-refractivity contribution in [3.8, 4) is 22.8 Å². The van der Waals surface area contributed by atoms with Gasteiger partial charge in [0.15, 0.2) is 5.13 Å². The van der Waals surface area contributed by atoms with Crippen molar-refractivity contribution in [3.63, 3.8) is 0 Å². The number of fused-ring (bicyclic) bond motifs is 1. The van der Waals surface area contributed by atoms with Gasteiger partial charge in [-0.05, 0) is 37.6 Å². The number of aryl methyl sites for hydroxylation is 2. The summed E-state index contributed by atoms with van der Waals surface area (Å²) in [5.74, 6) is 1.21. The largest absolute Gasteiger partial charge is 0.496 e. The lowest BCUT2D eigenvalue weighted by molar-refractivity contribution is 0.102. The molecule has 0 aliphatic heterocycles. The number of carbonyl (C=O) groups is 1. The van der Waals surface area contributed by atoms with Crippen LogP contribution in [0.2, 0.25) is 0 Å². The predicted octanol–water partition coefficient (Wildman–Crippen LogP) is 5.18. The highest BCUT2D eigenvalue weighted by atomic mass is 32.1. The molecule has 0 radical (unpaired) electrons. The minimum Gasteiger partial charge on any atom is -0.496 e. The summed E-state index contributed by atoms with van der Waals surface area (Å²) < 4.78 is 10.9. The van der Waals surface area contributed by atoms with Crippen molar-refractivity contribution < 1.29 is 14.3 Å². The van der Waals surface area contributed by atoms with Crippen LogP contribution in [0.3, 0.4) is 0 Å². The molecule has 0 saturated heterocycles. The number of benzene rings is 2. The summed E-state index contributed by atoms with van der Waals surface area (Å²) in [6.45, 7) is 3.95. The molecular formula is C22H21N3O3S. The number of ether oxygens (including phenoxy) is 2. The number of methoxy groups -OCH3 is 2. The van der Waals surface area contributed by atoms with Gasteiger partial charge in [-0.25, -0.2) is 4.98 Å². The lowest BCUT2D eigenvalue weighted by atomic mass is 10.1. The van der Waals surface area contributed by atoms with E-state index in [-0.39, 0.29) is 5.91 Å². The quantitative estimate of drug-likeness (QED) is 0.478. The van der Waals surface area contributed by atoms with Gasteiger partial charge in [0.2, 0.25) is 0 Å². The molecule has 0 unspecified atom stereocenters. The van der Waals surface area contributed by atoms with Gasteiger partial charge in [-0.3, -0.25) is 10.1 Å². The Morgan fingerprint density at radius 2 is 1.83 bits per heavy atom. The number of aromatic nitrogens is 2. The standard InChI is InChI=1S/C22H21N3O3S/c1-12-9-15(19(28-4)11-18(12)27-3)20-13(2)29-22(24-20)25-21(26)17-10-14-7-5-6-8-16(14)23-17/h5-11,23H,1-4H3,(H,24,25,26). The summed E-state index contributed by atoms with van der Waals surface area (Å²) >= 11 is 1.43. The third-order valence-corrected chi connectivity index (χ3v) is 5.65. The van der Waals surface area contributed by atoms with E-state index in [4.69, 9.17) is 9.47 Å². The third-order valence-electron chi connectivity index (χ3n) is 4.76. The molecule has 0 aliphatic rings. The number of hydrogen-bond donors (Lipinski definition) is 2. The van der Waals surface area contributed by atoms with Crippen LogP contribution in [-0.2, 0) is 0 Å². The van der Waals surface area contributed by atoms with Crippen molar-refractivity contribution in [2.24, 2.45) is 0 Å². The summed E-state index contributed by atoms with van der Waals surface area (Å²) in [4.78, 5) is 21.5. The first kappa shape index (κ1) is 19.0. The van der Waals surface area contributed by atoms with Crippen LogP contribution in [0.15, 0.2) is 42.5 Å². The van der Waals surface area contributed by atoms with E-state index in [0.717, 1.165) is 38.4 Å². The normalized spacial score (nSPS) is 10.9. The maximum absolute atomic E-state index is 12.7. The summed E-state index contributed by atoms with van der Waals surface area (Å²) in [7, 11) is 3.25. The topological polar surface area (TPSA) is 76.2 Å².